The van der Waals surface area contributed by atoms with Gasteiger partial charge in [-0.25, -0.2) is 4.79 Å². The second kappa shape index (κ2) is 11.6. The Balaban J connectivity index is 1.65. The Hall–Kier alpha value is -2.51. The summed E-state index contributed by atoms with van der Waals surface area (Å²) in [4.78, 5) is 21.8. The number of benzene rings is 1. The molecule has 1 aromatic carbocycles. The van der Waals surface area contributed by atoms with Crippen molar-refractivity contribution in [3.05, 3.63) is 48.3 Å². The third kappa shape index (κ3) is 6.30. The number of rotatable bonds is 12. The van der Waals surface area contributed by atoms with Gasteiger partial charge in [0.15, 0.2) is 11.5 Å². The van der Waals surface area contributed by atoms with Crippen molar-refractivity contribution in [2.45, 2.75) is 90.1 Å². The largest absolute Gasteiger partial charge is 0.490 e. The minimum Gasteiger partial charge on any atom is -0.490 e. The van der Waals surface area contributed by atoms with Crippen molar-refractivity contribution in [1.82, 2.24) is 9.97 Å². The van der Waals surface area contributed by atoms with Crippen LogP contribution in [0.15, 0.2) is 42.7 Å². The summed E-state index contributed by atoms with van der Waals surface area (Å²) in [5.41, 5.74) is -0.734. The third-order valence-corrected chi connectivity index (χ3v) is 5.72. The first-order valence-corrected chi connectivity index (χ1v) is 12.0. The average Bonchev–Trinajstić information content (AvgIpc) is 3.12. The Morgan fingerprint density at radius 2 is 1.67 bits per heavy atom. The predicted octanol–water partition coefficient (Wildman–Crippen LogP) is 5.58. The lowest BCUT2D eigenvalue weighted by Gasteiger charge is -2.30. The van der Waals surface area contributed by atoms with Crippen LogP contribution in [-0.4, -0.2) is 34.4 Å². The molecular formula is C26H36N2O5. The minimum absolute atomic E-state index is 0.0506. The normalized spacial score (nSPS) is 21.6. The van der Waals surface area contributed by atoms with E-state index in [1.807, 2.05) is 37.3 Å². The van der Waals surface area contributed by atoms with Crippen LogP contribution in [0.3, 0.4) is 0 Å². The summed E-state index contributed by atoms with van der Waals surface area (Å²) >= 11 is 0. The molecule has 2 aromatic rings. The second-order valence-corrected chi connectivity index (χ2v) is 8.83. The van der Waals surface area contributed by atoms with E-state index in [0.29, 0.717) is 24.3 Å². The molecule has 0 spiro atoms. The lowest BCUT2D eigenvalue weighted by molar-refractivity contribution is -0.185. The Labute approximate surface area is 196 Å². The van der Waals surface area contributed by atoms with Gasteiger partial charge in [0.1, 0.15) is 6.10 Å². The molecule has 2 heterocycles. The van der Waals surface area contributed by atoms with Gasteiger partial charge in [-0.1, -0.05) is 76.3 Å². The number of nitrogens with zero attached hydrogens (tertiary/aromatic N) is 2. The molecular weight excluding hydrogens is 420 g/mol. The summed E-state index contributed by atoms with van der Waals surface area (Å²) in [5, 5.41) is 0. The van der Waals surface area contributed by atoms with Crippen LogP contribution in [0.4, 0.5) is 0 Å². The maximum Gasteiger partial charge on any atom is 0.353 e. The van der Waals surface area contributed by atoms with Gasteiger partial charge in [0, 0.05) is 0 Å². The van der Waals surface area contributed by atoms with Gasteiger partial charge in [-0.3, -0.25) is 0 Å². The highest BCUT2D eigenvalue weighted by atomic mass is 16.8. The molecule has 7 heteroatoms. The van der Waals surface area contributed by atoms with E-state index in [1.165, 1.54) is 38.1 Å². The molecule has 2 atom stereocenters. The van der Waals surface area contributed by atoms with Crippen LogP contribution in [0.5, 0.6) is 11.8 Å². The van der Waals surface area contributed by atoms with Crippen LogP contribution in [0, 0.1) is 0 Å². The molecule has 0 saturated carbocycles. The lowest BCUT2D eigenvalue weighted by atomic mass is 9.87. The second-order valence-electron chi connectivity index (χ2n) is 8.83. The summed E-state index contributed by atoms with van der Waals surface area (Å²) in [6.45, 7) is 8.36. The van der Waals surface area contributed by atoms with Gasteiger partial charge in [-0.05, 0) is 32.3 Å². The maximum absolute atomic E-state index is 13.5. The molecule has 33 heavy (non-hydrogen) atoms. The van der Waals surface area contributed by atoms with Crippen LogP contribution >= 0.6 is 0 Å². The molecule has 3 rings (SSSR count). The van der Waals surface area contributed by atoms with Gasteiger partial charge in [0.25, 0.3) is 0 Å². The Kier molecular flexibility index (Phi) is 8.80. The number of aromatic nitrogens is 2. The molecule has 0 radical (unpaired) electrons. The SMILES string of the molecule is CCCCCCCCOc1cnc(OC(=O)[C@]2(c3ccccc3)OC(C)(C)O[C@@H]2CC)nc1. The first kappa shape index (κ1) is 25.1. The lowest BCUT2D eigenvalue weighted by Crippen LogP contribution is -2.47. The summed E-state index contributed by atoms with van der Waals surface area (Å²) in [6, 6.07) is 9.24. The highest BCUT2D eigenvalue weighted by molar-refractivity contribution is 5.84. The molecule has 180 valence electrons. The van der Waals surface area contributed by atoms with Gasteiger partial charge in [-0.15, -0.1) is 0 Å². The fourth-order valence-electron chi connectivity index (χ4n) is 4.16. The van der Waals surface area contributed by atoms with Crippen molar-refractivity contribution < 1.29 is 23.7 Å². The van der Waals surface area contributed by atoms with Crippen molar-refractivity contribution in [2.24, 2.45) is 0 Å². The van der Waals surface area contributed by atoms with E-state index in [1.54, 1.807) is 13.8 Å². The minimum atomic E-state index is -1.41. The molecule has 0 aliphatic carbocycles. The molecule has 1 aliphatic rings. The Morgan fingerprint density at radius 1 is 1.00 bits per heavy atom. The van der Waals surface area contributed by atoms with Crippen LogP contribution in [0.1, 0.15) is 78.2 Å². The molecule has 0 N–H and O–H groups in total. The molecule has 0 amide bonds. The zero-order valence-electron chi connectivity index (χ0n) is 20.2. The van der Waals surface area contributed by atoms with E-state index in [9.17, 15) is 4.79 Å². The highest BCUT2D eigenvalue weighted by Crippen LogP contribution is 2.45. The Bertz CT molecular complexity index is 872. The number of carbonyl (C=O) groups excluding carboxylic acids is 1. The van der Waals surface area contributed by atoms with Gasteiger partial charge in [0.05, 0.1) is 19.0 Å². The van der Waals surface area contributed by atoms with Gasteiger partial charge >= 0.3 is 12.0 Å². The topological polar surface area (TPSA) is 79.8 Å². The first-order chi connectivity index (χ1) is 15.9. The number of carbonyl (C=O) groups is 1. The standard InChI is InChI=1S/C26H36N2O5/c1-5-7-8-9-10-14-17-30-21-18-27-24(28-19-21)31-23(29)26(20-15-12-11-13-16-20)22(6-2)32-25(3,4)33-26/h11-13,15-16,18-19,22H,5-10,14,17H2,1-4H3/t22-,26-/m1/s1. The van der Waals surface area contributed by atoms with Gasteiger partial charge in [0.2, 0.25) is 5.60 Å². The number of esters is 1. The van der Waals surface area contributed by atoms with Crippen molar-refractivity contribution in [3.8, 4) is 11.8 Å². The van der Waals surface area contributed by atoms with Crippen molar-refractivity contribution in [2.75, 3.05) is 6.61 Å². The highest BCUT2D eigenvalue weighted by Gasteiger charge is 2.60. The average molecular weight is 457 g/mol. The molecule has 0 bridgehead atoms. The number of ether oxygens (including phenoxy) is 4. The summed E-state index contributed by atoms with van der Waals surface area (Å²) in [6.07, 6.45) is 10.3. The fourth-order valence-corrected chi connectivity index (χ4v) is 4.16. The Morgan fingerprint density at radius 3 is 2.33 bits per heavy atom. The van der Waals surface area contributed by atoms with E-state index in [-0.39, 0.29) is 6.01 Å². The van der Waals surface area contributed by atoms with E-state index < -0.39 is 23.5 Å². The molecule has 1 fully saturated rings. The molecule has 7 nitrogen and oxygen atoms in total. The third-order valence-electron chi connectivity index (χ3n) is 5.72. The van der Waals surface area contributed by atoms with Gasteiger partial charge < -0.3 is 18.9 Å². The van der Waals surface area contributed by atoms with E-state index in [0.717, 1.165) is 12.8 Å². The summed E-state index contributed by atoms with van der Waals surface area (Å²) in [7, 11) is 0. The zero-order valence-corrected chi connectivity index (χ0v) is 20.2. The van der Waals surface area contributed by atoms with Gasteiger partial charge in [-0.2, -0.15) is 9.97 Å². The summed E-state index contributed by atoms with van der Waals surface area (Å²) in [5.74, 6) is -0.994. The van der Waals surface area contributed by atoms with Crippen molar-refractivity contribution in [1.29, 1.82) is 0 Å². The molecule has 1 saturated heterocycles. The van der Waals surface area contributed by atoms with Crippen molar-refractivity contribution in [3.63, 3.8) is 0 Å². The molecule has 1 aliphatic heterocycles. The smallest absolute Gasteiger partial charge is 0.353 e. The van der Waals surface area contributed by atoms with E-state index in [4.69, 9.17) is 18.9 Å². The molecule has 1 aromatic heterocycles. The van der Waals surface area contributed by atoms with Crippen LogP contribution in [0.25, 0.3) is 0 Å². The monoisotopic (exact) mass is 456 g/mol. The zero-order chi connectivity index (χ0) is 23.7. The quantitative estimate of drug-likeness (QED) is 0.305. The number of unbranched alkanes of at least 4 members (excludes halogenated alkanes) is 5. The first-order valence-electron chi connectivity index (χ1n) is 12.0. The predicted molar refractivity (Wildman–Crippen MR) is 125 cm³/mol. The number of hydrogen-bond donors (Lipinski definition) is 0. The van der Waals surface area contributed by atoms with E-state index >= 15 is 0 Å². The number of hydrogen-bond acceptors (Lipinski definition) is 7. The maximum atomic E-state index is 13.5. The molecule has 0 unspecified atom stereocenters. The van der Waals surface area contributed by atoms with E-state index in [2.05, 4.69) is 16.9 Å². The van der Waals surface area contributed by atoms with Crippen LogP contribution in [-0.2, 0) is 19.9 Å². The van der Waals surface area contributed by atoms with Crippen LogP contribution in [0.2, 0.25) is 0 Å². The van der Waals surface area contributed by atoms with Crippen molar-refractivity contribution >= 4 is 5.97 Å². The summed E-state index contributed by atoms with van der Waals surface area (Å²) < 4.78 is 23.6. The fraction of sp³-hybridized carbons (Fsp3) is 0.577. The van der Waals surface area contributed by atoms with Crippen LogP contribution < -0.4 is 9.47 Å².